The Morgan fingerprint density at radius 1 is 1.39 bits per heavy atom. The third kappa shape index (κ3) is 2.04. The van der Waals surface area contributed by atoms with Crippen molar-refractivity contribution in [3.8, 4) is 0 Å². The molecule has 1 aromatic heterocycles. The van der Waals surface area contributed by atoms with E-state index in [2.05, 4.69) is 9.97 Å². The van der Waals surface area contributed by atoms with Crippen molar-refractivity contribution in [1.29, 1.82) is 0 Å². The van der Waals surface area contributed by atoms with E-state index in [0.717, 1.165) is 48.5 Å². The van der Waals surface area contributed by atoms with Crippen molar-refractivity contribution < 1.29 is 9.53 Å². The number of aromatic amines is 1. The predicted molar refractivity (Wildman–Crippen MR) is 68.9 cm³/mol. The molecule has 1 aliphatic rings. The van der Waals surface area contributed by atoms with Crippen LogP contribution in [0.4, 0.5) is 0 Å². The lowest BCUT2D eigenvalue weighted by molar-refractivity contribution is 0.0838. The fourth-order valence-electron chi connectivity index (χ4n) is 2.41. The summed E-state index contributed by atoms with van der Waals surface area (Å²) in [4.78, 5) is 19.3. The summed E-state index contributed by atoms with van der Waals surface area (Å²) in [6, 6.07) is 5.62. The first kappa shape index (κ1) is 11.4. The summed E-state index contributed by atoms with van der Waals surface area (Å²) in [6.07, 6.45) is 2.03. The van der Waals surface area contributed by atoms with E-state index in [4.69, 9.17) is 4.74 Å². The van der Waals surface area contributed by atoms with E-state index >= 15 is 0 Å². The summed E-state index contributed by atoms with van der Waals surface area (Å²) in [6.45, 7) is 3.19. The molecule has 3 rings (SSSR count). The van der Waals surface area contributed by atoms with Crippen molar-refractivity contribution in [2.45, 2.75) is 25.7 Å². The number of hydrogen-bond donors (Lipinski definition) is 1. The van der Waals surface area contributed by atoms with Crippen molar-refractivity contribution in [2.75, 3.05) is 13.2 Å². The number of ether oxygens (including phenoxy) is 1. The highest BCUT2D eigenvalue weighted by molar-refractivity contribution is 5.97. The van der Waals surface area contributed by atoms with E-state index in [1.165, 1.54) is 0 Å². The molecule has 4 heteroatoms. The van der Waals surface area contributed by atoms with Gasteiger partial charge in [0.2, 0.25) is 0 Å². The van der Waals surface area contributed by atoms with Crippen molar-refractivity contribution in [3.05, 3.63) is 29.6 Å². The van der Waals surface area contributed by atoms with E-state index in [0.29, 0.717) is 5.92 Å². The molecular formula is C14H16N2O2. The number of nitrogens with one attached hydrogen (secondary N) is 1. The molecule has 2 aromatic rings. The zero-order valence-corrected chi connectivity index (χ0v) is 10.4. The second kappa shape index (κ2) is 4.53. The van der Waals surface area contributed by atoms with Crippen LogP contribution in [-0.4, -0.2) is 29.0 Å². The Labute approximate surface area is 105 Å². The number of benzene rings is 1. The largest absolute Gasteiger partial charge is 0.381 e. The fourth-order valence-corrected chi connectivity index (χ4v) is 2.41. The van der Waals surface area contributed by atoms with Crippen LogP contribution in [0.25, 0.3) is 11.0 Å². The number of nitrogens with zero attached hydrogens (tertiary/aromatic N) is 1. The maximum atomic E-state index is 11.3. The smallest absolute Gasteiger partial charge is 0.159 e. The molecule has 0 atom stereocenters. The number of H-pyrrole nitrogens is 1. The van der Waals surface area contributed by atoms with Gasteiger partial charge in [0.05, 0.1) is 11.0 Å². The van der Waals surface area contributed by atoms with E-state index in [9.17, 15) is 4.79 Å². The van der Waals surface area contributed by atoms with Crippen molar-refractivity contribution in [3.63, 3.8) is 0 Å². The van der Waals surface area contributed by atoms with Crippen LogP contribution in [0.2, 0.25) is 0 Å². The second-order valence-corrected chi connectivity index (χ2v) is 4.80. The quantitative estimate of drug-likeness (QED) is 0.826. The molecule has 1 aliphatic heterocycles. The molecule has 4 nitrogen and oxygen atoms in total. The van der Waals surface area contributed by atoms with E-state index in [1.54, 1.807) is 6.92 Å². The van der Waals surface area contributed by atoms with Gasteiger partial charge in [-0.3, -0.25) is 4.79 Å². The van der Waals surface area contributed by atoms with Gasteiger partial charge >= 0.3 is 0 Å². The lowest BCUT2D eigenvalue weighted by Gasteiger charge is -2.19. The number of Topliss-reactive ketones (excluding diaryl/α,β-unsaturated/α-hetero) is 1. The van der Waals surface area contributed by atoms with Crippen LogP contribution in [-0.2, 0) is 4.74 Å². The summed E-state index contributed by atoms with van der Waals surface area (Å²) in [5, 5.41) is 0. The van der Waals surface area contributed by atoms with Gasteiger partial charge in [-0.15, -0.1) is 0 Å². The summed E-state index contributed by atoms with van der Waals surface area (Å²) in [7, 11) is 0. The van der Waals surface area contributed by atoms with Gasteiger partial charge in [-0.05, 0) is 38.0 Å². The van der Waals surface area contributed by atoms with Crippen LogP contribution in [0.1, 0.15) is 41.9 Å². The van der Waals surface area contributed by atoms with Gasteiger partial charge in [0, 0.05) is 24.7 Å². The van der Waals surface area contributed by atoms with Gasteiger partial charge in [-0.25, -0.2) is 4.98 Å². The molecule has 1 N–H and O–H groups in total. The molecule has 18 heavy (non-hydrogen) atoms. The topological polar surface area (TPSA) is 55.0 Å². The predicted octanol–water partition coefficient (Wildman–Crippen LogP) is 2.66. The van der Waals surface area contributed by atoms with Crippen LogP contribution < -0.4 is 0 Å². The van der Waals surface area contributed by atoms with Crippen LogP contribution >= 0.6 is 0 Å². The molecule has 2 heterocycles. The number of carbonyl (C=O) groups is 1. The van der Waals surface area contributed by atoms with E-state index in [1.807, 2.05) is 18.2 Å². The van der Waals surface area contributed by atoms with Crippen LogP contribution in [0.3, 0.4) is 0 Å². The van der Waals surface area contributed by atoms with Crippen molar-refractivity contribution >= 4 is 16.8 Å². The minimum Gasteiger partial charge on any atom is -0.381 e. The first-order valence-corrected chi connectivity index (χ1v) is 6.32. The Bertz CT molecular complexity index is 582. The molecule has 0 bridgehead atoms. The fraction of sp³-hybridized carbons (Fsp3) is 0.429. The van der Waals surface area contributed by atoms with Crippen LogP contribution in [0.5, 0.6) is 0 Å². The SMILES string of the molecule is CC(=O)c1ccc2nc(C3CCOCC3)[nH]c2c1. The number of rotatable bonds is 2. The van der Waals surface area contributed by atoms with Crippen molar-refractivity contribution in [1.82, 2.24) is 9.97 Å². The third-order valence-corrected chi connectivity index (χ3v) is 3.51. The number of hydrogen-bond acceptors (Lipinski definition) is 3. The Morgan fingerprint density at radius 3 is 2.89 bits per heavy atom. The number of aromatic nitrogens is 2. The molecule has 0 aliphatic carbocycles. The minimum absolute atomic E-state index is 0.0825. The summed E-state index contributed by atoms with van der Waals surface area (Å²) in [5.41, 5.74) is 2.61. The van der Waals surface area contributed by atoms with Gasteiger partial charge in [-0.2, -0.15) is 0 Å². The van der Waals surface area contributed by atoms with Gasteiger partial charge in [0.15, 0.2) is 5.78 Å². The Hall–Kier alpha value is -1.68. The standard InChI is InChI=1S/C14H16N2O2/c1-9(17)11-2-3-12-13(8-11)16-14(15-12)10-4-6-18-7-5-10/h2-3,8,10H,4-7H2,1H3,(H,15,16). The average Bonchev–Trinajstić information content (AvgIpc) is 2.82. The summed E-state index contributed by atoms with van der Waals surface area (Å²) in [5.74, 6) is 1.56. The Kier molecular flexibility index (Phi) is 2.88. The lowest BCUT2D eigenvalue weighted by Crippen LogP contribution is -2.15. The van der Waals surface area contributed by atoms with Gasteiger partial charge < -0.3 is 9.72 Å². The number of fused-ring (bicyclic) bond motifs is 1. The number of ketones is 1. The molecule has 0 unspecified atom stereocenters. The number of imidazole rings is 1. The molecule has 0 radical (unpaired) electrons. The monoisotopic (exact) mass is 244 g/mol. The maximum absolute atomic E-state index is 11.3. The first-order chi connectivity index (χ1) is 8.74. The zero-order chi connectivity index (χ0) is 12.5. The van der Waals surface area contributed by atoms with Crippen LogP contribution in [0.15, 0.2) is 18.2 Å². The molecule has 0 saturated carbocycles. The van der Waals surface area contributed by atoms with Crippen LogP contribution in [0, 0.1) is 0 Å². The van der Waals surface area contributed by atoms with E-state index < -0.39 is 0 Å². The van der Waals surface area contributed by atoms with Gasteiger partial charge in [0.25, 0.3) is 0 Å². The first-order valence-electron chi connectivity index (χ1n) is 6.32. The minimum atomic E-state index is 0.0825. The van der Waals surface area contributed by atoms with Gasteiger partial charge in [-0.1, -0.05) is 0 Å². The third-order valence-electron chi connectivity index (χ3n) is 3.51. The Balaban J connectivity index is 1.97. The lowest BCUT2D eigenvalue weighted by atomic mass is 10.00. The normalized spacial score (nSPS) is 17.2. The molecule has 0 amide bonds. The second-order valence-electron chi connectivity index (χ2n) is 4.80. The number of carbonyl (C=O) groups excluding carboxylic acids is 1. The summed E-state index contributed by atoms with van der Waals surface area (Å²) < 4.78 is 5.36. The molecule has 94 valence electrons. The molecule has 0 spiro atoms. The highest BCUT2D eigenvalue weighted by Gasteiger charge is 2.19. The van der Waals surface area contributed by atoms with Crippen molar-refractivity contribution in [2.24, 2.45) is 0 Å². The van der Waals surface area contributed by atoms with E-state index in [-0.39, 0.29) is 5.78 Å². The average molecular weight is 244 g/mol. The van der Waals surface area contributed by atoms with Gasteiger partial charge in [0.1, 0.15) is 5.82 Å². The molecule has 1 aromatic carbocycles. The molecular weight excluding hydrogens is 228 g/mol. The highest BCUT2D eigenvalue weighted by Crippen LogP contribution is 2.26. The molecule has 1 saturated heterocycles. The zero-order valence-electron chi connectivity index (χ0n) is 10.4. The molecule has 1 fully saturated rings. The maximum Gasteiger partial charge on any atom is 0.159 e. The highest BCUT2D eigenvalue weighted by atomic mass is 16.5. The Morgan fingerprint density at radius 2 is 2.17 bits per heavy atom. The summed E-state index contributed by atoms with van der Waals surface area (Å²) >= 11 is 0.